The van der Waals surface area contributed by atoms with Gasteiger partial charge in [0.25, 0.3) is 5.91 Å². The third kappa shape index (κ3) is 3.98. The second-order valence-corrected chi connectivity index (χ2v) is 7.67. The Hall–Kier alpha value is -2.57. The van der Waals surface area contributed by atoms with E-state index >= 15 is 0 Å². The lowest BCUT2D eigenvalue weighted by molar-refractivity contribution is -0.135. The van der Waals surface area contributed by atoms with Crippen LogP contribution < -0.4 is 10.6 Å². The number of urea groups is 1. The van der Waals surface area contributed by atoms with Crippen LogP contribution in [0.4, 0.5) is 4.79 Å². The number of imide groups is 1. The van der Waals surface area contributed by atoms with Crippen molar-refractivity contribution in [3.8, 4) is 0 Å². The molecule has 2 aromatic carbocycles. The van der Waals surface area contributed by atoms with Crippen molar-refractivity contribution in [2.45, 2.75) is 25.4 Å². The summed E-state index contributed by atoms with van der Waals surface area (Å²) in [5, 5.41) is 6.57. The van der Waals surface area contributed by atoms with Gasteiger partial charge in [-0.2, -0.15) is 0 Å². The van der Waals surface area contributed by atoms with Crippen LogP contribution >= 0.6 is 23.2 Å². The van der Waals surface area contributed by atoms with Crippen molar-refractivity contribution < 1.29 is 14.4 Å². The molecule has 1 heterocycles. The van der Waals surface area contributed by atoms with E-state index in [0.29, 0.717) is 15.6 Å². The van der Waals surface area contributed by atoms with Gasteiger partial charge < -0.3 is 10.6 Å². The van der Waals surface area contributed by atoms with Crippen LogP contribution in [0.3, 0.4) is 0 Å². The van der Waals surface area contributed by atoms with Gasteiger partial charge in [0.1, 0.15) is 12.1 Å². The Morgan fingerprint density at radius 2 is 1.61 bits per heavy atom. The monoisotopic (exact) mass is 419 g/mol. The minimum absolute atomic E-state index is 0.298. The highest BCUT2D eigenvalue weighted by molar-refractivity contribution is 6.30. The molecule has 1 aliphatic rings. The Labute approximate surface area is 172 Å². The SMILES string of the molecule is CC(NC(=O)CN1C(=O)NC(C)(c2ccc(Cl)cc2)C1=O)c1ccc(Cl)cc1. The highest BCUT2D eigenvalue weighted by Gasteiger charge is 2.49. The quantitative estimate of drug-likeness (QED) is 0.726. The van der Waals surface area contributed by atoms with Crippen molar-refractivity contribution >= 4 is 41.0 Å². The molecule has 2 N–H and O–H groups in total. The van der Waals surface area contributed by atoms with Crippen molar-refractivity contribution in [1.82, 2.24) is 15.5 Å². The fourth-order valence-electron chi connectivity index (χ4n) is 3.08. The third-order valence-electron chi connectivity index (χ3n) is 4.75. The van der Waals surface area contributed by atoms with Crippen LogP contribution in [0.25, 0.3) is 0 Å². The number of benzene rings is 2. The first kappa shape index (κ1) is 20.2. The van der Waals surface area contributed by atoms with Crippen LogP contribution in [-0.4, -0.2) is 29.3 Å². The molecule has 2 aromatic rings. The number of halogens is 2. The molecule has 1 saturated heterocycles. The van der Waals surface area contributed by atoms with E-state index in [2.05, 4.69) is 10.6 Å². The van der Waals surface area contributed by atoms with E-state index in [1.807, 2.05) is 6.92 Å². The van der Waals surface area contributed by atoms with Crippen LogP contribution in [0.2, 0.25) is 10.0 Å². The summed E-state index contributed by atoms with van der Waals surface area (Å²) in [6, 6.07) is 12.8. The Morgan fingerprint density at radius 3 is 2.18 bits per heavy atom. The summed E-state index contributed by atoms with van der Waals surface area (Å²) in [6.07, 6.45) is 0. The van der Waals surface area contributed by atoms with Gasteiger partial charge in [0.05, 0.1) is 6.04 Å². The van der Waals surface area contributed by atoms with E-state index in [9.17, 15) is 14.4 Å². The standard InChI is InChI=1S/C20H19Cl2N3O3/c1-12(13-3-7-15(21)8-4-13)23-17(26)11-25-18(27)20(2,24-19(25)28)14-5-9-16(22)10-6-14/h3-10,12H,11H2,1-2H3,(H,23,26)(H,24,28). The molecule has 3 rings (SSSR count). The summed E-state index contributed by atoms with van der Waals surface area (Å²) < 4.78 is 0. The summed E-state index contributed by atoms with van der Waals surface area (Å²) in [4.78, 5) is 38.5. The first-order valence-corrected chi connectivity index (χ1v) is 9.41. The number of nitrogens with zero attached hydrogens (tertiary/aromatic N) is 1. The van der Waals surface area contributed by atoms with E-state index in [0.717, 1.165) is 10.5 Å². The molecule has 8 heteroatoms. The maximum atomic E-state index is 12.9. The minimum Gasteiger partial charge on any atom is -0.348 e. The number of amides is 4. The number of rotatable bonds is 5. The van der Waals surface area contributed by atoms with Gasteiger partial charge in [-0.25, -0.2) is 4.79 Å². The van der Waals surface area contributed by atoms with E-state index < -0.39 is 23.4 Å². The molecule has 0 spiro atoms. The van der Waals surface area contributed by atoms with Crippen LogP contribution in [0.1, 0.15) is 31.0 Å². The van der Waals surface area contributed by atoms with E-state index in [4.69, 9.17) is 23.2 Å². The molecular formula is C20H19Cl2N3O3. The predicted octanol–water partition coefficient (Wildman–Crippen LogP) is 3.64. The number of hydrogen-bond acceptors (Lipinski definition) is 3. The zero-order chi connectivity index (χ0) is 20.5. The average molecular weight is 420 g/mol. The molecule has 146 valence electrons. The lowest BCUT2D eigenvalue weighted by Gasteiger charge is -2.22. The fraction of sp³-hybridized carbons (Fsp3) is 0.250. The van der Waals surface area contributed by atoms with Gasteiger partial charge in [-0.15, -0.1) is 0 Å². The predicted molar refractivity (Wildman–Crippen MR) is 107 cm³/mol. The molecule has 0 saturated carbocycles. The summed E-state index contributed by atoms with van der Waals surface area (Å²) in [5.74, 6) is -0.930. The topological polar surface area (TPSA) is 78.5 Å². The molecule has 4 amide bonds. The normalized spacial score (nSPS) is 20.1. The molecule has 2 atom stereocenters. The van der Waals surface area contributed by atoms with Crippen LogP contribution in [0, 0.1) is 0 Å². The minimum atomic E-state index is -1.25. The zero-order valence-corrected chi connectivity index (χ0v) is 16.8. The molecule has 28 heavy (non-hydrogen) atoms. The molecule has 0 radical (unpaired) electrons. The second-order valence-electron chi connectivity index (χ2n) is 6.79. The van der Waals surface area contributed by atoms with E-state index in [1.54, 1.807) is 55.5 Å². The van der Waals surface area contributed by atoms with Crippen LogP contribution in [0.15, 0.2) is 48.5 Å². The Bertz CT molecular complexity index is 915. The summed E-state index contributed by atoms with van der Waals surface area (Å²) >= 11 is 11.8. The van der Waals surface area contributed by atoms with Crippen molar-refractivity contribution in [3.63, 3.8) is 0 Å². The van der Waals surface area contributed by atoms with Gasteiger partial charge in [-0.3, -0.25) is 14.5 Å². The van der Waals surface area contributed by atoms with Gasteiger partial charge in [0.2, 0.25) is 5.91 Å². The zero-order valence-electron chi connectivity index (χ0n) is 15.3. The molecular weight excluding hydrogens is 401 g/mol. The summed E-state index contributed by atoms with van der Waals surface area (Å²) in [7, 11) is 0. The smallest absolute Gasteiger partial charge is 0.325 e. The summed E-state index contributed by atoms with van der Waals surface area (Å²) in [6.45, 7) is 3.04. The molecule has 0 aromatic heterocycles. The van der Waals surface area contributed by atoms with Crippen molar-refractivity contribution in [1.29, 1.82) is 0 Å². The van der Waals surface area contributed by atoms with Gasteiger partial charge in [-0.05, 0) is 49.2 Å². The van der Waals surface area contributed by atoms with E-state index in [1.165, 1.54) is 0 Å². The average Bonchev–Trinajstić information content (AvgIpc) is 2.86. The second kappa shape index (κ2) is 7.81. The fourth-order valence-corrected chi connectivity index (χ4v) is 3.34. The first-order valence-electron chi connectivity index (χ1n) is 8.65. The lowest BCUT2D eigenvalue weighted by atomic mass is 9.92. The highest BCUT2D eigenvalue weighted by Crippen LogP contribution is 2.29. The number of carbonyl (C=O) groups excluding carboxylic acids is 3. The van der Waals surface area contributed by atoms with Crippen molar-refractivity contribution in [3.05, 3.63) is 69.7 Å². The molecule has 1 fully saturated rings. The van der Waals surface area contributed by atoms with Gasteiger partial charge in [-0.1, -0.05) is 47.5 Å². The molecule has 0 bridgehead atoms. The van der Waals surface area contributed by atoms with Crippen molar-refractivity contribution in [2.75, 3.05) is 6.54 Å². The van der Waals surface area contributed by atoms with Crippen molar-refractivity contribution in [2.24, 2.45) is 0 Å². The molecule has 6 nitrogen and oxygen atoms in total. The maximum Gasteiger partial charge on any atom is 0.325 e. The Balaban J connectivity index is 1.69. The Kier molecular flexibility index (Phi) is 5.63. The largest absolute Gasteiger partial charge is 0.348 e. The van der Waals surface area contributed by atoms with Crippen LogP contribution in [-0.2, 0) is 15.1 Å². The Morgan fingerprint density at radius 1 is 1.07 bits per heavy atom. The number of nitrogens with one attached hydrogen (secondary N) is 2. The van der Waals surface area contributed by atoms with Gasteiger partial charge in [0.15, 0.2) is 0 Å². The highest BCUT2D eigenvalue weighted by atomic mass is 35.5. The molecule has 1 aliphatic heterocycles. The van der Waals surface area contributed by atoms with Gasteiger partial charge >= 0.3 is 6.03 Å². The first-order chi connectivity index (χ1) is 13.2. The number of hydrogen-bond donors (Lipinski definition) is 2. The molecule has 2 unspecified atom stereocenters. The van der Waals surface area contributed by atoms with Crippen LogP contribution in [0.5, 0.6) is 0 Å². The van der Waals surface area contributed by atoms with Gasteiger partial charge in [0, 0.05) is 10.0 Å². The van der Waals surface area contributed by atoms with E-state index in [-0.39, 0.29) is 12.6 Å². The maximum absolute atomic E-state index is 12.9. The molecule has 0 aliphatic carbocycles. The lowest BCUT2D eigenvalue weighted by Crippen LogP contribution is -2.43. The number of carbonyl (C=O) groups is 3. The third-order valence-corrected chi connectivity index (χ3v) is 5.25. The summed E-state index contributed by atoms with van der Waals surface area (Å²) in [5.41, 5.74) is 0.206.